The van der Waals surface area contributed by atoms with Gasteiger partial charge in [0, 0.05) is 17.0 Å². The molecule has 1 aromatic heterocycles. The molecule has 0 spiro atoms. The van der Waals surface area contributed by atoms with Gasteiger partial charge < -0.3 is 10.1 Å². The fourth-order valence-electron chi connectivity index (χ4n) is 2.95. The number of rotatable bonds is 4. The fourth-order valence-corrected chi connectivity index (χ4v) is 3.76. The Kier molecular flexibility index (Phi) is 4.39. The summed E-state index contributed by atoms with van der Waals surface area (Å²) in [6.07, 6.45) is 0.849. The van der Waals surface area contributed by atoms with Crippen LogP contribution < -0.4 is 15.1 Å². The first-order chi connectivity index (χ1) is 12.3. The molecule has 1 unspecified atom stereocenters. The summed E-state index contributed by atoms with van der Waals surface area (Å²) in [5.41, 5.74) is 2.12. The number of benzene rings is 2. The van der Waals surface area contributed by atoms with Crippen molar-refractivity contribution >= 4 is 28.5 Å². The lowest BCUT2D eigenvalue weighted by Crippen LogP contribution is -2.17. The summed E-state index contributed by atoms with van der Waals surface area (Å²) in [4.78, 5) is 1.32. The van der Waals surface area contributed by atoms with E-state index in [1.807, 2.05) is 42.5 Å². The van der Waals surface area contributed by atoms with Crippen molar-refractivity contribution in [3.8, 4) is 5.75 Å². The molecule has 4 nitrogen and oxygen atoms in total. The molecule has 0 amide bonds. The third kappa shape index (κ3) is 3.37. The van der Waals surface area contributed by atoms with Crippen LogP contribution in [0.1, 0.15) is 17.3 Å². The molecule has 0 radical (unpaired) electrons. The highest BCUT2D eigenvalue weighted by Gasteiger charge is 2.30. The highest BCUT2D eigenvalue weighted by molar-refractivity contribution is 7.10. The van der Waals surface area contributed by atoms with Gasteiger partial charge in [-0.15, -0.1) is 11.3 Å². The van der Waals surface area contributed by atoms with Crippen molar-refractivity contribution in [3.63, 3.8) is 0 Å². The van der Waals surface area contributed by atoms with Crippen LogP contribution in [0.2, 0.25) is 0 Å². The van der Waals surface area contributed by atoms with Crippen LogP contribution in [0.3, 0.4) is 0 Å². The molecule has 2 aromatic carbocycles. The number of anilines is 2. The number of amidine groups is 1. The summed E-state index contributed by atoms with van der Waals surface area (Å²) in [6, 6.07) is 22.7. The molecule has 0 saturated heterocycles. The van der Waals surface area contributed by atoms with Crippen molar-refractivity contribution in [3.05, 3.63) is 77.0 Å². The fraction of sp³-hybridized carbons (Fsp3) is 0.150. The smallest absolute Gasteiger partial charge is 0.129 e. The van der Waals surface area contributed by atoms with Gasteiger partial charge in [-0.25, -0.2) is 0 Å². The predicted molar refractivity (Wildman–Crippen MR) is 105 cm³/mol. The number of hydrogen-bond donors (Lipinski definition) is 1. The van der Waals surface area contributed by atoms with Crippen molar-refractivity contribution in [1.82, 2.24) is 0 Å². The molecule has 4 rings (SSSR count). The van der Waals surface area contributed by atoms with Gasteiger partial charge in [0.2, 0.25) is 0 Å². The standard InChI is InChI=1S/C20H19N3OS/c1-24-17-11-9-15(10-12-17)21-20-14-18(19-8-5-13-25-19)23(22-20)16-6-3-2-4-7-16/h2-13,18H,14H2,1H3,(H,21,22). The minimum Gasteiger partial charge on any atom is -0.497 e. The molecule has 1 aliphatic heterocycles. The summed E-state index contributed by atoms with van der Waals surface area (Å²) in [5.74, 6) is 1.81. The van der Waals surface area contributed by atoms with E-state index in [0.29, 0.717) is 0 Å². The van der Waals surface area contributed by atoms with Gasteiger partial charge in [0.15, 0.2) is 0 Å². The summed E-state index contributed by atoms with van der Waals surface area (Å²) < 4.78 is 5.22. The number of ether oxygens (including phenoxy) is 1. The first-order valence-electron chi connectivity index (χ1n) is 8.20. The minimum absolute atomic E-state index is 0.225. The highest BCUT2D eigenvalue weighted by atomic mass is 32.1. The van der Waals surface area contributed by atoms with Gasteiger partial charge in [-0.1, -0.05) is 24.3 Å². The Balaban J connectivity index is 1.60. The zero-order valence-electron chi connectivity index (χ0n) is 13.9. The third-order valence-corrected chi connectivity index (χ3v) is 5.15. The average Bonchev–Trinajstić information content (AvgIpc) is 3.33. The monoisotopic (exact) mass is 349 g/mol. The summed E-state index contributed by atoms with van der Waals surface area (Å²) in [7, 11) is 1.67. The lowest BCUT2D eigenvalue weighted by Gasteiger charge is -2.22. The molecule has 1 atom stereocenters. The van der Waals surface area contributed by atoms with Gasteiger partial charge in [0.05, 0.1) is 18.8 Å². The molecule has 2 heterocycles. The molecule has 0 aliphatic carbocycles. The van der Waals surface area contributed by atoms with Gasteiger partial charge in [-0.05, 0) is 47.8 Å². The SMILES string of the molecule is COc1ccc(NC2=NN(c3ccccc3)C(c3cccs3)C2)cc1. The molecular formula is C20H19N3OS. The Morgan fingerprint density at radius 1 is 1.04 bits per heavy atom. The molecule has 0 saturated carbocycles. The highest BCUT2D eigenvalue weighted by Crippen LogP contribution is 2.37. The Bertz CT molecular complexity index is 844. The van der Waals surface area contributed by atoms with E-state index in [0.717, 1.165) is 29.4 Å². The van der Waals surface area contributed by atoms with Gasteiger partial charge >= 0.3 is 0 Å². The summed E-state index contributed by atoms with van der Waals surface area (Å²) in [6.45, 7) is 0. The van der Waals surface area contributed by atoms with E-state index in [1.54, 1.807) is 18.4 Å². The van der Waals surface area contributed by atoms with Crippen molar-refractivity contribution in [2.45, 2.75) is 12.5 Å². The number of nitrogens with one attached hydrogen (secondary N) is 1. The molecule has 25 heavy (non-hydrogen) atoms. The van der Waals surface area contributed by atoms with E-state index < -0.39 is 0 Å². The van der Waals surface area contributed by atoms with E-state index in [9.17, 15) is 0 Å². The topological polar surface area (TPSA) is 36.9 Å². The van der Waals surface area contributed by atoms with Crippen molar-refractivity contribution in [2.75, 3.05) is 17.4 Å². The van der Waals surface area contributed by atoms with Crippen LogP contribution in [0.15, 0.2) is 77.2 Å². The Morgan fingerprint density at radius 2 is 1.84 bits per heavy atom. The maximum absolute atomic E-state index is 5.22. The van der Waals surface area contributed by atoms with Crippen LogP contribution in [0.25, 0.3) is 0 Å². The molecule has 5 heteroatoms. The molecule has 1 N–H and O–H groups in total. The van der Waals surface area contributed by atoms with E-state index in [2.05, 4.69) is 40.0 Å². The second kappa shape index (κ2) is 6.99. The van der Waals surface area contributed by atoms with E-state index >= 15 is 0 Å². The number of para-hydroxylation sites is 1. The zero-order chi connectivity index (χ0) is 17.1. The van der Waals surface area contributed by atoms with Crippen molar-refractivity contribution < 1.29 is 4.74 Å². The maximum Gasteiger partial charge on any atom is 0.129 e. The second-order valence-corrected chi connectivity index (χ2v) is 6.79. The first-order valence-corrected chi connectivity index (χ1v) is 9.08. The Morgan fingerprint density at radius 3 is 2.52 bits per heavy atom. The molecule has 0 fully saturated rings. The quantitative estimate of drug-likeness (QED) is 0.709. The number of hydrazone groups is 1. The van der Waals surface area contributed by atoms with E-state index in [1.165, 1.54) is 4.88 Å². The maximum atomic E-state index is 5.22. The lowest BCUT2D eigenvalue weighted by molar-refractivity contribution is 0.415. The van der Waals surface area contributed by atoms with Crippen LogP contribution in [0.4, 0.5) is 11.4 Å². The third-order valence-electron chi connectivity index (χ3n) is 4.18. The summed E-state index contributed by atoms with van der Waals surface area (Å²) >= 11 is 1.77. The number of methoxy groups -OCH3 is 1. The van der Waals surface area contributed by atoms with Crippen LogP contribution in [-0.2, 0) is 0 Å². The number of hydrogen-bond acceptors (Lipinski definition) is 5. The number of nitrogens with zero attached hydrogens (tertiary/aromatic N) is 2. The van der Waals surface area contributed by atoms with Gasteiger partial charge in [-0.2, -0.15) is 5.10 Å². The van der Waals surface area contributed by atoms with Gasteiger partial charge in [0.1, 0.15) is 11.6 Å². The minimum atomic E-state index is 0.225. The average molecular weight is 349 g/mol. The van der Waals surface area contributed by atoms with Crippen LogP contribution in [0.5, 0.6) is 5.75 Å². The largest absolute Gasteiger partial charge is 0.497 e. The zero-order valence-corrected chi connectivity index (χ0v) is 14.7. The van der Waals surface area contributed by atoms with E-state index in [-0.39, 0.29) is 6.04 Å². The van der Waals surface area contributed by atoms with Crippen LogP contribution in [0, 0.1) is 0 Å². The van der Waals surface area contributed by atoms with E-state index in [4.69, 9.17) is 9.84 Å². The molecule has 0 bridgehead atoms. The Hall–Kier alpha value is -2.79. The van der Waals surface area contributed by atoms with Crippen molar-refractivity contribution in [2.24, 2.45) is 5.10 Å². The second-order valence-electron chi connectivity index (χ2n) is 5.82. The molecular weight excluding hydrogens is 330 g/mol. The van der Waals surface area contributed by atoms with Gasteiger partial charge in [-0.3, -0.25) is 5.01 Å². The molecule has 126 valence electrons. The summed E-state index contributed by atoms with van der Waals surface area (Å²) in [5, 5.41) is 12.5. The van der Waals surface area contributed by atoms with Crippen LogP contribution in [-0.4, -0.2) is 12.9 Å². The predicted octanol–water partition coefficient (Wildman–Crippen LogP) is 5.13. The van der Waals surface area contributed by atoms with Crippen LogP contribution >= 0.6 is 11.3 Å². The van der Waals surface area contributed by atoms with Crippen molar-refractivity contribution in [1.29, 1.82) is 0 Å². The first kappa shape index (κ1) is 15.7. The number of thiophene rings is 1. The van der Waals surface area contributed by atoms with Gasteiger partial charge in [0.25, 0.3) is 0 Å². The molecule has 1 aliphatic rings. The lowest BCUT2D eigenvalue weighted by atomic mass is 10.1. The normalized spacial score (nSPS) is 16.6. The Labute approximate surface area is 151 Å². The molecule has 3 aromatic rings.